The summed E-state index contributed by atoms with van der Waals surface area (Å²) >= 11 is 0. The summed E-state index contributed by atoms with van der Waals surface area (Å²) in [6.45, 7) is 1.43. The maximum atomic E-state index is 11.3. The third-order valence-electron chi connectivity index (χ3n) is 2.60. The highest BCUT2D eigenvalue weighted by Crippen LogP contribution is 2.17. The smallest absolute Gasteiger partial charge is 0.465 e. The van der Waals surface area contributed by atoms with E-state index in [0.29, 0.717) is 6.42 Å². The molecule has 1 aliphatic rings. The topological polar surface area (TPSA) is 75.6 Å². The van der Waals surface area contributed by atoms with Crippen LogP contribution in [0, 0.1) is 0 Å². The second kappa shape index (κ2) is 9.44. The average molecular weight is 299 g/mol. The van der Waals surface area contributed by atoms with Gasteiger partial charge in [0.2, 0.25) is 0 Å². The van der Waals surface area contributed by atoms with E-state index in [2.05, 4.69) is 10.1 Å². The van der Waals surface area contributed by atoms with Gasteiger partial charge in [-0.15, -0.1) is 0 Å². The van der Waals surface area contributed by atoms with E-state index in [9.17, 15) is 22.8 Å². The summed E-state index contributed by atoms with van der Waals surface area (Å²) < 4.78 is 37.7. The molecule has 5 nitrogen and oxygen atoms in total. The Morgan fingerprint density at radius 3 is 2.20 bits per heavy atom. The Balaban J connectivity index is 0.000000361. The first-order valence-corrected chi connectivity index (χ1v) is 6.50. The van der Waals surface area contributed by atoms with Crippen LogP contribution in [0.2, 0.25) is 0 Å². The lowest BCUT2D eigenvalue weighted by Crippen LogP contribution is -2.34. The lowest BCUT2D eigenvalue weighted by molar-refractivity contribution is -0.199. The molecule has 0 aromatic heterocycles. The quantitative estimate of drug-likeness (QED) is 0.785. The molecule has 0 aromatic rings. The second-order valence-electron chi connectivity index (χ2n) is 4.42. The van der Waals surface area contributed by atoms with E-state index in [-0.39, 0.29) is 12.6 Å². The molecule has 0 aromatic carbocycles. The molecule has 0 atom stereocenters. The summed E-state index contributed by atoms with van der Waals surface area (Å²) in [6, 6.07) is 0.228. The number of carbonyl (C=O) groups is 2. The van der Waals surface area contributed by atoms with Crippen LogP contribution in [0.1, 0.15) is 45.4 Å². The Hall–Kier alpha value is -1.47. The van der Waals surface area contributed by atoms with Crippen LogP contribution >= 0.6 is 0 Å². The molecule has 0 radical (unpaired) electrons. The predicted octanol–water partition coefficient (Wildman–Crippen LogP) is 3.09. The van der Waals surface area contributed by atoms with Crippen LogP contribution in [0.4, 0.5) is 18.0 Å². The number of carbonyl (C=O) groups excluding carboxylic acids is 1. The van der Waals surface area contributed by atoms with Gasteiger partial charge in [0.25, 0.3) is 0 Å². The molecule has 1 rings (SSSR count). The van der Waals surface area contributed by atoms with Gasteiger partial charge >= 0.3 is 18.2 Å². The number of carboxylic acid groups (broad SMARTS) is 1. The van der Waals surface area contributed by atoms with Gasteiger partial charge in [-0.3, -0.25) is 0 Å². The Bertz CT molecular complexity index is 302. The molecule has 1 fully saturated rings. The molecule has 0 aliphatic heterocycles. The molecule has 118 valence electrons. The summed E-state index contributed by atoms with van der Waals surface area (Å²) in [7, 11) is 0. The molecule has 2 N–H and O–H groups in total. The van der Waals surface area contributed by atoms with E-state index in [0.717, 1.165) is 12.8 Å². The van der Waals surface area contributed by atoms with Crippen molar-refractivity contribution in [2.75, 3.05) is 6.61 Å². The van der Waals surface area contributed by atoms with E-state index in [1.165, 1.54) is 19.3 Å². The van der Waals surface area contributed by atoms with Crippen molar-refractivity contribution in [1.29, 1.82) is 0 Å². The van der Waals surface area contributed by atoms with E-state index >= 15 is 0 Å². The van der Waals surface area contributed by atoms with Crippen molar-refractivity contribution < 1.29 is 32.6 Å². The number of ether oxygens (including phenoxy) is 1. The summed E-state index contributed by atoms with van der Waals surface area (Å²) in [5, 5.41) is 10.9. The van der Waals surface area contributed by atoms with Gasteiger partial charge in [0, 0.05) is 6.04 Å². The minimum Gasteiger partial charge on any atom is -0.465 e. The molecule has 1 saturated carbocycles. The highest BCUT2D eigenvalue weighted by Gasteiger charge is 2.40. The Morgan fingerprint density at radius 2 is 1.80 bits per heavy atom. The number of esters is 1. The molecule has 0 heterocycles. The molecule has 8 heteroatoms. The van der Waals surface area contributed by atoms with Gasteiger partial charge in [-0.05, 0) is 19.3 Å². The molecule has 1 aliphatic carbocycles. The average Bonchev–Trinajstić information content (AvgIpc) is 2.36. The van der Waals surface area contributed by atoms with Crippen LogP contribution < -0.4 is 5.32 Å². The molecule has 0 unspecified atom stereocenters. The largest absolute Gasteiger partial charge is 0.490 e. The lowest BCUT2D eigenvalue weighted by Gasteiger charge is -2.20. The fraction of sp³-hybridized carbons (Fsp3) is 0.833. The third kappa shape index (κ3) is 9.46. The van der Waals surface area contributed by atoms with Crippen molar-refractivity contribution in [2.24, 2.45) is 0 Å². The maximum Gasteiger partial charge on any atom is 0.490 e. The van der Waals surface area contributed by atoms with Crippen molar-refractivity contribution in [2.45, 2.75) is 57.7 Å². The fourth-order valence-electron chi connectivity index (χ4n) is 1.70. The van der Waals surface area contributed by atoms with Gasteiger partial charge in [-0.1, -0.05) is 26.2 Å². The van der Waals surface area contributed by atoms with E-state index < -0.39 is 18.2 Å². The van der Waals surface area contributed by atoms with Crippen molar-refractivity contribution in [3.05, 3.63) is 0 Å². The van der Waals surface area contributed by atoms with Gasteiger partial charge in [0.05, 0.1) is 6.61 Å². The lowest BCUT2D eigenvalue weighted by atomic mass is 9.96. The van der Waals surface area contributed by atoms with Gasteiger partial charge in [0.15, 0.2) is 0 Å². The van der Waals surface area contributed by atoms with Gasteiger partial charge in [-0.25, -0.2) is 9.59 Å². The molecule has 0 bridgehead atoms. The first kappa shape index (κ1) is 18.5. The zero-order chi connectivity index (χ0) is 15.6. The van der Waals surface area contributed by atoms with Gasteiger partial charge < -0.3 is 15.2 Å². The van der Waals surface area contributed by atoms with Gasteiger partial charge in [0.1, 0.15) is 0 Å². The minimum absolute atomic E-state index is 0.182. The van der Waals surface area contributed by atoms with Crippen molar-refractivity contribution in [3.63, 3.8) is 0 Å². The first-order chi connectivity index (χ1) is 9.27. The molecule has 0 saturated heterocycles. The second-order valence-corrected chi connectivity index (χ2v) is 4.42. The third-order valence-corrected chi connectivity index (χ3v) is 2.60. The highest BCUT2D eigenvalue weighted by molar-refractivity contribution is 5.75. The summed E-state index contributed by atoms with van der Waals surface area (Å²) in [4.78, 5) is 20.0. The molecular formula is C12H20F3NO4. The van der Waals surface area contributed by atoms with E-state index in [4.69, 9.17) is 5.11 Å². The molecule has 0 spiro atoms. The molecule has 1 amide bonds. The molecule has 20 heavy (non-hydrogen) atoms. The Kier molecular flexibility index (Phi) is 8.74. The van der Waals surface area contributed by atoms with Crippen molar-refractivity contribution in [3.8, 4) is 0 Å². The monoisotopic (exact) mass is 299 g/mol. The van der Waals surface area contributed by atoms with Gasteiger partial charge in [-0.2, -0.15) is 13.2 Å². The normalized spacial score (nSPS) is 15.8. The van der Waals surface area contributed by atoms with E-state index in [1.807, 2.05) is 0 Å². The SMILES string of the molecule is CCCOC(=O)C(F)(F)F.O=C(O)NC1CCCCC1. The number of rotatable bonds is 3. The highest BCUT2D eigenvalue weighted by atomic mass is 19.4. The predicted molar refractivity (Wildman–Crippen MR) is 65.3 cm³/mol. The summed E-state index contributed by atoms with van der Waals surface area (Å²) in [5.74, 6) is -2.12. The Labute approximate surface area is 115 Å². The van der Waals surface area contributed by atoms with Crippen LogP contribution in [-0.2, 0) is 9.53 Å². The fourth-order valence-corrected chi connectivity index (χ4v) is 1.70. The maximum absolute atomic E-state index is 11.3. The van der Waals surface area contributed by atoms with E-state index in [1.54, 1.807) is 6.92 Å². The number of hydrogen-bond donors (Lipinski definition) is 2. The number of amides is 1. The number of nitrogens with one attached hydrogen (secondary N) is 1. The zero-order valence-electron chi connectivity index (χ0n) is 11.3. The standard InChI is InChI=1S/C7H13NO2.C5H7F3O2/c9-7(10)8-6-4-2-1-3-5-6;1-2-3-10-4(9)5(6,7)8/h6,8H,1-5H2,(H,9,10);2-3H2,1H3. The van der Waals surface area contributed by atoms with Crippen LogP contribution in [0.25, 0.3) is 0 Å². The zero-order valence-corrected chi connectivity index (χ0v) is 11.3. The minimum atomic E-state index is -4.85. The number of halogens is 3. The van der Waals surface area contributed by atoms with Crippen LogP contribution in [-0.4, -0.2) is 36.0 Å². The first-order valence-electron chi connectivity index (χ1n) is 6.50. The van der Waals surface area contributed by atoms with Crippen LogP contribution in [0.15, 0.2) is 0 Å². The Morgan fingerprint density at radius 1 is 1.25 bits per heavy atom. The summed E-state index contributed by atoms with van der Waals surface area (Å²) in [6.07, 6.45) is 0.301. The van der Waals surface area contributed by atoms with Crippen molar-refractivity contribution in [1.82, 2.24) is 5.32 Å². The van der Waals surface area contributed by atoms with Crippen molar-refractivity contribution >= 4 is 12.1 Å². The van der Waals surface area contributed by atoms with Crippen LogP contribution in [0.3, 0.4) is 0 Å². The molecular weight excluding hydrogens is 279 g/mol. The summed E-state index contributed by atoms with van der Waals surface area (Å²) in [5.41, 5.74) is 0. The van der Waals surface area contributed by atoms with Crippen LogP contribution in [0.5, 0.6) is 0 Å². The number of alkyl halides is 3. The number of hydrogen-bond acceptors (Lipinski definition) is 3.